The number of rotatable bonds is 4. The minimum atomic E-state index is -2.17. The lowest BCUT2D eigenvalue weighted by atomic mass is 10.1. The first-order valence-electron chi connectivity index (χ1n) is 7.21. The highest BCUT2D eigenvalue weighted by Crippen LogP contribution is 2.08. The molecule has 121 valence electrons. The summed E-state index contributed by atoms with van der Waals surface area (Å²) in [6, 6.07) is 6.99. The molecule has 6 nitrogen and oxygen atoms in total. The van der Waals surface area contributed by atoms with E-state index in [0.717, 1.165) is 5.56 Å². The largest absolute Gasteiger partial charge is 0.576 e. The third kappa shape index (κ3) is 6.38. The van der Waals surface area contributed by atoms with Crippen molar-refractivity contribution in [1.82, 2.24) is 5.32 Å². The maximum atomic E-state index is 11.1. The van der Waals surface area contributed by atoms with Gasteiger partial charge < -0.3 is 19.9 Å². The molecule has 1 aliphatic rings. The molecule has 1 fully saturated rings. The summed E-state index contributed by atoms with van der Waals surface area (Å²) in [5.74, 6) is -0.964. The van der Waals surface area contributed by atoms with Crippen LogP contribution in [-0.2, 0) is 18.4 Å². The van der Waals surface area contributed by atoms with E-state index >= 15 is 0 Å². The van der Waals surface area contributed by atoms with Crippen molar-refractivity contribution < 1.29 is 18.4 Å². The van der Waals surface area contributed by atoms with Crippen LogP contribution in [-0.4, -0.2) is 34.3 Å². The van der Waals surface area contributed by atoms with Crippen LogP contribution in [0.3, 0.4) is 0 Å². The van der Waals surface area contributed by atoms with Crippen LogP contribution in [0.1, 0.15) is 38.8 Å². The van der Waals surface area contributed by atoms with E-state index in [1.54, 1.807) is 12.1 Å². The summed E-state index contributed by atoms with van der Waals surface area (Å²) in [5.41, 5.74) is 6.66. The summed E-state index contributed by atoms with van der Waals surface area (Å²) in [6.07, 6.45) is 1.39. The van der Waals surface area contributed by atoms with Gasteiger partial charge in [0.05, 0.1) is 0 Å². The highest BCUT2D eigenvalue weighted by molar-refractivity contribution is 6.64. The quantitative estimate of drug-likeness (QED) is 0.785. The molecule has 22 heavy (non-hydrogen) atoms. The highest BCUT2D eigenvalue weighted by atomic mass is 28.3. The van der Waals surface area contributed by atoms with Gasteiger partial charge in [-0.15, -0.1) is 0 Å². The molecule has 1 atom stereocenters. The highest BCUT2D eigenvalue weighted by Gasteiger charge is 2.29. The molecule has 3 N–H and O–H groups in total. The van der Waals surface area contributed by atoms with Crippen LogP contribution >= 0.6 is 0 Å². The average Bonchev–Trinajstić information content (AvgIpc) is 2.34. The molecule has 0 spiro atoms. The topological polar surface area (TPSA) is 90.6 Å². The summed E-state index contributed by atoms with van der Waals surface area (Å²) in [5, 5.41) is 3.79. The molecule has 1 unspecified atom stereocenters. The Bertz CT molecular complexity index is 484. The second kappa shape index (κ2) is 9.34. The molecule has 0 saturated carbocycles. The van der Waals surface area contributed by atoms with Gasteiger partial charge in [0, 0.05) is 25.1 Å². The molecule has 0 aromatic heterocycles. The maximum Gasteiger partial charge on any atom is 0.576 e. The van der Waals surface area contributed by atoms with Crippen LogP contribution in [0.5, 0.6) is 0 Å². The molecule has 0 amide bonds. The smallest absolute Gasteiger partial charge is 0.480 e. The second-order valence-corrected chi connectivity index (χ2v) is 6.48. The normalized spacial score (nSPS) is 14.2. The number of nitrogens with one attached hydrogen (secondary N) is 1. The van der Waals surface area contributed by atoms with Crippen LogP contribution in [0.15, 0.2) is 24.3 Å². The predicted octanol–water partition coefficient (Wildman–Crippen LogP) is 0.507. The fourth-order valence-corrected chi connectivity index (χ4v) is 3.21. The van der Waals surface area contributed by atoms with Crippen molar-refractivity contribution in [3.63, 3.8) is 0 Å². The summed E-state index contributed by atoms with van der Waals surface area (Å²) in [4.78, 5) is 22.1. The van der Waals surface area contributed by atoms with Crippen LogP contribution in [0.4, 0.5) is 0 Å². The van der Waals surface area contributed by atoms with E-state index < -0.39 is 21.2 Å². The Morgan fingerprint density at radius 3 is 2.00 bits per heavy atom. The number of carbonyl (C=O) groups is 2. The van der Waals surface area contributed by atoms with E-state index in [1.807, 2.05) is 19.1 Å². The second-order valence-electron chi connectivity index (χ2n) is 4.95. The van der Waals surface area contributed by atoms with Gasteiger partial charge in [0.2, 0.25) is 0 Å². The Balaban J connectivity index is 0.000000519. The van der Waals surface area contributed by atoms with E-state index in [4.69, 9.17) is 14.6 Å². The van der Waals surface area contributed by atoms with E-state index in [0.29, 0.717) is 5.19 Å². The van der Waals surface area contributed by atoms with Gasteiger partial charge in [-0.2, -0.15) is 0 Å². The predicted molar refractivity (Wildman–Crippen MR) is 85.5 cm³/mol. The lowest BCUT2D eigenvalue weighted by molar-refractivity contribution is -0.137. The van der Waals surface area contributed by atoms with Crippen LogP contribution in [0.25, 0.3) is 0 Å². The lowest BCUT2D eigenvalue weighted by Gasteiger charge is -2.17. The van der Waals surface area contributed by atoms with E-state index in [9.17, 15) is 9.59 Å². The van der Waals surface area contributed by atoms with E-state index in [2.05, 4.69) is 5.32 Å². The van der Waals surface area contributed by atoms with Gasteiger partial charge in [-0.1, -0.05) is 24.3 Å². The molecular weight excluding hydrogens is 300 g/mol. The molecule has 1 aromatic carbocycles. The maximum absolute atomic E-state index is 11.1. The Kier molecular flexibility index (Phi) is 7.79. The van der Waals surface area contributed by atoms with Gasteiger partial charge in [0.25, 0.3) is 11.9 Å². The van der Waals surface area contributed by atoms with Crippen LogP contribution in [0, 0.1) is 0 Å². The van der Waals surface area contributed by atoms with E-state index in [1.165, 1.54) is 33.4 Å². The van der Waals surface area contributed by atoms with Crippen LogP contribution < -0.4 is 16.2 Å². The molecular formula is C15H23N2O4Si. The van der Waals surface area contributed by atoms with Crippen molar-refractivity contribution >= 4 is 26.4 Å². The number of benzene rings is 1. The Hall–Kier alpha value is -1.70. The summed E-state index contributed by atoms with van der Waals surface area (Å²) in [6.45, 7) is 6.88. The zero-order valence-electron chi connectivity index (χ0n) is 13.2. The first-order chi connectivity index (χ1) is 10.4. The third-order valence-corrected chi connectivity index (χ3v) is 4.69. The molecule has 0 bridgehead atoms. The summed E-state index contributed by atoms with van der Waals surface area (Å²) < 4.78 is 10.2. The van der Waals surface area contributed by atoms with E-state index in [-0.39, 0.29) is 6.04 Å². The zero-order chi connectivity index (χ0) is 16.5. The van der Waals surface area contributed by atoms with Crippen molar-refractivity contribution in [3.05, 3.63) is 29.8 Å². The van der Waals surface area contributed by atoms with Crippen molar-refractivity contribution in [3.8, 4) is 0 Å². The van der Waals surface area contributed by atoms with Gasteiger partial charge in [-0.25, -0.2) is 0 Å². The molecule has 1 heterocycles. The van der Waals surface area contributed by atoms with Crippen molar-refractivity contribution in [2.24, 2.45) is 5.73 Å². The summed E-state index contributed by atoms with van der Waals surface area (Å²) in [7, 11) is -2.17. The van der Waals surface area contributed by atoms with Crippen molar-refractivity contribution in [2.75, 3.05) is 13.1 Å². The zero-order valence-corrected chi connectivity index (χ0v) is 14.2. The lowest BCUT2D eigenvalue weighted by Crippen LogP contribution is -2.42. The van der Waals surface area contributed by atoms with Crippen molar-refractivity contribution in [1.29, 1.82) is 0 Å². The molecule has 1 aliphatic heterocycles. The summed E-state index contributed by atoms with van der Waals surface area (Å²) >= 11 is 0. The van der Waals surface area contributed by atoms with Gasteiger partial charge in [0.15, 0.2) is 0 Å². The fourth-order valence-electron chi connectivity index (χ4n) is 1.65. The minimum absolute atomic E-state index is 0.229. The first-order valence-corrected chi connectivity index (χ1v) is 8.53. The first kappa shape index (κ1) is 18.3. The molecule has 1 saturated heterocycles. The third-order valence-electron chi connectivity index (χ3n) is 2.85. The Labute approximate surface area is 132 Å². The standard InChI is InChI=1S/C12H16NO4Si.C3H7N/c1-8(13)11-6-4-5-7-12(11)18(16-9(2)14)17-10(3)15;1-2-4-3-1/h4-8H,13H2,1-3H3;4H,1-3H2. The Morgan fingerprint density at radius 2 is 1.64 bits per heavy atom. The Morgan fingerprint density at radius 1 is 1.18 bits per heavy atom. The van der Waals surface area contributed by atoms with Crippen LogP contribution in [0.2, 0.25) is 0 Å². The SMILES string of the molecule is C1CNC1.CC(=O)O[Si](OC(C)=O)c1ccccc1C(C)N. The van der Waals surface area contributed by atoms with Gasteiger partial charge >= 0.3 is 9.28 Å². The number of carbonyl (C=O) groups excluding carboxylic acids is 2. The van der Waals surface area contributed by atoms with Crippen molar-refractivity contribution in [2.45, 2.75) is 33.2 Å². The molecule has 1 radical (unpaired) electrons. The molecule has 0 aliphatic carbocycles. The van der Waals surface area contributed by atoms with Gasteiger partial charge in [-0.05, 0) is 32.0 Å². The molecule has 2 rings (SSSR count). The van der Waals surface area contributed by atoms with Gasteiger partial charge in [-0.3, -0.25) is 9.59 Å². The fraction of sp³-hybridized carbons (Fsp3) is 0.467. The average molecular weight is 323 g/mol. The number of nitrogens with two attached hydrogens (primary N) is 1. The number of hydrogen-bond donors (Lipinski definition) is 2. The van der Waals surface area contributed by atoms with Gasteiger partial charge in [0.1, 0.15) is 0 Å². The number of hydrogen-bond acceptors (Lipinski definition) is 6. The minimum Gasteiger partial charge on any atom is -0.480 e. The molecule has 7 heteroatoms. The monoisotopic (exact) mass is 323 g/mol. The molecule has 1 aromatic rings.